The number of nitrogens with zero attached hydrogens (tertiary/aromatic N) is 1. The Kier molecular flexibility index (Phi) is 4.58. The largest absolute Gasteiger partial charge is 0.388 e. The summed E-state index contributed by atoms with van der Waals surface area (Å²) >= 11 is 1.46. The fourth-order valence-electron chi connectivity index (χ4n) is 2.60. The van der Waals surface area contributed by atoms with Gasteiger partial charge in [-0.2, -0.15) is 0 Å². The SMILES string of the molecule is CCC1CCC(O)(CNC(=O)c2csc(C)n2)CC1. The van der Waals surface area contributed by atoms with Gasteiger partial charge < -0.3 is 10.4 Å². The van der Waals surface area contributed by atoms with Crippen LogP contribution in [0.4, 0.5) is 0 Å². The zero-order chi connectivity index (χ0) is 13.9. The summed E-state index contributed by atoms with van der Waals surface area (Å²) in [5.74, 6) is 0.549. The van der Waals surface area contributed by atoms with Crippen LogP contribution in [-0.4, -0.2) is 28.1 Å². The molecule has 106 valence electrons. The lowest BCUT2D eigenvalue weighted by Crippen LogP contribution is -2.45. The van der Waals surface area contributed by atoms with Gasteiger partial charge in [0.1, 0.15) is 5.69 Å². The van der Waals surface area contributed by atoms with Gasteiger partial charge in [0.05, 0.1) is 10.6 Å². The number of hydrogen-bond acceptors (Lipinski definition) is 4. The van der Waals surface area contributed by atoms with Gasteiger partial charge in [-0.15, -0.1) is 11.3 Å². The van der Waals surface area contributed by atoms with Crippen LogP contribution in [0.2, 0.25) is 0 Å². The summed E-state index contributed by atoms with van der Waals surface area (Å²) in [5.41, 5.74) is -0.278. The third-order valence-electron chi connectivity index (χ3n) is 4.04. The summed E-state index contributed by atoms with van der Waals surface area (Å²) in [7, 11) is 0. The molecule has 0 unspecified atom stereocenters. The van der Waals surface area contributed by atoms with Crippen LogP contribution in [0.25, 0.3) is 0 Å². The van der Waals surface area contributed by atoms with Crippen molar-refractivity contribution in [2.24, 2.45) is 5.92 Å². The van der Waals surface area contributed by atoms with Crippen LogP contribution in [0.3, 0.4) is 0 Å². The molecular weight excluding hydrogens is 260 g/mol. The highest BCUT2D eigenvalue weighted by Gasteiger charge is 2.33. The number of thiazole rings is 1. The molecule has 1 amide bonds. The molecule has 1 aromatic heterocycles. The molecule has 0 radical (unpaired) electrons. The highest BCUT2D eigenvalue weighted by molar-refractivity contribution is 7.09. The minimum absolute atomic E-state index is 0.185. The van der Waals surface area contributed by atoms with E-state index < -0.39 is 5.60 Å². The Morgan fingerprint density at radius 1 is 1.58 bits per heavy atom. The summed E-state index contributed by atoms with van der Waals surface area (Å²) in [5, 5.41) is 15.9. The minimum atomic E-state index is -0.730. The Hall–Kier alpha value is -0.940. The first-order valence-electron chi connectivity index (χ1n) is 6.95. The molecule has 1 aromatic rings. The molecule has 4 nitrogen and oxygen atoms in total. The normalized spacial score (nSPS) is 27.2. The second-order valence-electron chi connectivity index (χ2n) is 5.51. The third kappa shape index (κ3) is 3.76. The zero-order valence-corrected chi connectivity index (χ0v) is 12.4. The molecule has 1 fully saturated rings. The lowest BCUT2D eigenvalue weighted by Gasteiger charge is -2.35. The van der Waals surface area contributed by atoms with Crippen LogP contribution in [0.5, 0.6) is 0 Å². The molecule has 19 heavy (non-hydrogen) atoms. The van der Waals surface area contributed by atoms with E-state index in [0.717, 1.165) is 36.6 Å². The van der Waals surface area contributed by atoms with Crippen LogP contribution < -0.4 is 5.32 Å². The molecule has 0 saturated heterocycles. The van der Waals surface area contributed by atoms with Crippen molar-refractivity contribution < 1.29 is 9.90 Å². The van der Waals surface area contributed by atoms with Crippen LogP contribution in [-0.2, 0) is 0 Å². The first-order valence-corrected chi connectivity index (χ1v) is 7.83. The van der Waals surface area contributed by atoms with Gasteiger partial charge in [0.15, 0.2) is 0 Å². The zero-order valence-electron chi connectivity index (χ0n) is 11.6. The molecule has 0 bridgehead atoms. The van der Waals surface area contributed by atoms with Gasteiger partial charge in [-0.1, -0.05) is 13.3 Å². The maximum atomic E-state index is 11.9. The van der Waals surface area contributed by atoms with Gasteiger partial charge in [0.2, 0.25) is 0 Å². The Morgan fingerprint density at radius 2 is 2.26 bits per heavy atom. The lowest BCUT2D eigenvalue weighted by molar-refractivity contribution is -0.00789. The summed E-state index contributed by atoms with van der Waals surface area (Å²) in [6, 6.07) is 0. The molecule has 0 aliphatic heterocycles. The third-order valence-corrected chi connectivity index (χ3v) is 4.82. The van der Waals surface area contributed by atoms with Gasteiger partial charge >= 0.3 is 0 Å². The molecule has 1 aliphatic carbocycles. The molecule has 2 rings (SSSR count). The number of aryl methyl sites for hydroxylation is 1. The van der Waals surface area contributed by atoms with Crippen LogP contribution >= 0.6 is 11.3 Å². The van der Waals surface area contributed by atoms with Crippen molar-refractivity contribution in [3.8, 4) is 0 Å². The first kappa shape index (κ1) is 14.5. The number of nitrogens with one attached hydrogen (secondary N) is 1. The van der Waals surface area contributed by atoms with E-state index in [1.807, 2.05) is 6.92 Å². The van der Waals surface area contributed by atoms with Crippen LogP contribution in [0.1, 0.15) is 54.5 Å². The van der Waals surface area contributed by atoms with E-state index in [0.29, 0.717) is 12.2 Å². The number of carbonyl (C=O) groups is 1. The second-order valence-corrected chi connectivity index (χ2v) is 6.57. The Balaban J connectivity index is 1.83. The van der Waals surface area contributed by atoms with Crippen molar-refractivity contribution in [3.05, 3.63) is 16.1 Å². The standard InChI is InChI=1S/C14H22N2O2S/c1-3-11-4-6-14(18,7-5-11)9-15-13(17)12-8-19-10(2)16-12/h8,11,18H,3-7,9H2,1-2H3,(H,15,17). The van der Waals surface area contributed by atoms with E-state index in [1.165, 1.54) is 17.8 Å². The first-order chi connectivity index (χ1) is 9.02. The molecule has 0 spiro atoms. The number of rotatable bonds is 4. The van der Waals surface area contributed by atoms with Gasteiger partial charge in [-0.25, -0.2) is 4.98 Å². The van der Waals surface area contributed by atoms with Crippen LogP contribution in [0, 0.1) is 12.8 Å². The molecule has 0 aromatic carbocycles. The molecule has 0 atom stereocenters. The predicted molar refractivity (Wildman–Crippen MR) is 76.4 cm³/mol. The van der Waals surface area contributed by atoms with Gasteiger partial charge in [-0.3, -0.25) is 4.79 Å². The van der Waals surface area contributed by atoms with E-state index in [1.54, 1.807) is 5.38 Å². The smallest absolute Gasteiger partial charge is 0.270 e. The van der Waals surface area contributed by atoms with E-state index >= 15 is 0 Å². The Bertz CT molecular complexity index is 436. The minimum Gasteiger partial charge on any atom is -0.388 e. The van der Waals surface area contributed by atoms with Gasteiger partial charge in [0, 0.05) is 11.9 Å². The number of aliphatic hydroxyl groups is 1. The monoisotopic (exact) mass is 282 g/mol. The summed E-state index contributed by atoms with van der Waals surface area (Å²) in [6.07, 6.45) is 4.85. The quantitative estimate of drug-likeness (QED) is 0.892. The van der Waals surface area contributed by atoms with Gasteiger partial charge in [0.25, 0.3) is 5.91 Å². The summed E-state index contributed by atoms with van der Waals surface area (Å²) in [6.45, 7) is 4.40. The van der Waals surface area contributed by atoms with Crippen LogP contribution in [0.15, 0.2) is 5.38 Å². The van der Waals surface area contributed by atoms with Crippen molar-refractivity contribution in [1.29, 1.82) is 0 Å². The van der Waals surface area contributed by atoms with Crippen molar-refractivity contribution in [2.45, 2.75) is 51.6 Å². The van der Waals surface area contributed by atoms with E-state index in [-0.39, 0.29) is 5.91 Å². The average Bonchev–Trinajstić information content (AvgIpc) is 2.84. The maximum Gasteiger partial charge on any atom is 0.270 e. The average molecular weight is 282 g/mol. The van der Waals surface area contributed by atoms with E-state index in [2.05, 4.69) is 17.2 Å². The van der Waals surface area contributed by atoms with E-state index in [4.69, 9.17) is 0 Å². The number of carbonyl (C=O) groups excluding carboxylic acids is 1. The summed E-state index contributed by atoms with van der Waals surface area (Å²) in [4.78, 5) is 16.0. The number of amides is 1. The molecule has 1 saturated carbocycles. The summed E-state index contributed by atoms with van der Waals surface area (Å²) < 4.78 is 0. The maximum absolute atomic E-state index is 11.9. The van der Waals surface area contributed by atoms with Crippen molar-refractivity contribution in [3.63, 3.8) is 0 Å². The molecular formula is C14H22N2O2S. The Labute approximate surface area is 118 Å². The van der Waals surface area contributed by atoms with Crippen molar-refractivity contribution in [1.82, 2.24) is 10.3 Å². The number of hydrogen-bond donors (Lipinski definition) is 2. The van der Waals surface area contributed by atoms with Gasteiger partial charge in [-0.05, 0) is 38.5 Å². The fourth-order valence-corrected chi connectivity index (χ4v) is 3.20. The topological polar surface area (TPSA) is 62.2 Å². The molecule has 5 heteroatoms. The number of aromatic nitrogens is 1. The predicted octanol–water partition coefficient (Wildman–Crippen LogP) is 2.51. The van der Waals surface area contributed by atoms with Crippen molar-refractivity contribution >= 4 is 17.2 Å². The molecule has 1 aliphatic rings. The molecule has 2 N–H and O–H groups in total. The molecule has 1 heterocycles. The van der Waals surface area contributed by atoms with Crippen molar-refractivity contribution in [2.75, 3.05) is 6.54 Å². The highest BCUT2D eigenvalue weighted by atomic mass is 32.1. The van der Waals surface area contributed by atoms with E-state index in [9.17, 15) is 9.90 Å². The highest BCUT2D eigenvalue weighted by Crippen LogP contribution is 2.33. The fraction of sp³-hybridized carbons (Fsp3) is 0.714. The Morgan fingerprint density at radius 3 is 2.79 bits per heavy atom. The lowest BCUT2D eigenvalue weighted by atomic mass is 9.78. The second kappa shape index (κ2) is 6.01.